The Hall–Kier alpha value is -0.570. The van der Waals surface area contributed by atoms with Gasteiger partial charge in [0, 0.05) is 19.0 Å². The summed E-state index contributed by atoms with van der Waals surface area (Å²) in [6.07, 6.45) is 7.42. The quantitative estimate of drug-likeness (QED) is 0.811. The second kappa shape index (κ2) is 3.98. The first-order chi connectivity index (χ1) is 8.14. The van der Waals surface area contributed by atoms with Gasteiger partial charge in [0.05, 0.1) is 5.54 Å². The number of fused-ring (bicyclic) bond motifs is 1. The lowest BCUT2D eigenvalue weighted by molar-refractivity contribution is -0.141. The highest BCUT2D eigenvalue weighted by Gasteiger charge is 2.57. The molecule has 2 unspecified atom stereocenters. The van der Waals surface area contributed by atoms with Gasteiger partial charge in [0.2, 0.25) is 5.91 Å². The number of nitrogens with two attached hydrogens (primary N) is 1. The van der Waals surface area contributed by atoms with E-state index in [0.717, 1.165) is 37.8 Å². The van der Waals surface area contributed by atoms with Gasteiger partial charge in [-0.25, -0.2) is 0 Å². The molecule has 0 aromatic heterocycles. The summed E-state index contributed by atoms with van der Waals surface area (Å²) in [5, 5.41) is 0. The molecule has 0 aromatic carbocycles. The van der Waals surface area contributed by atoms with Gasteiger partial charge in [-0.15, -0.1) is 0 Å². The van der Waals surface area contributed by atoms with Crippen molar-refractivity contribution < 1.29 is 4.79 Å². The maximum Gasteiger partial charge on any atom is 0.226 e. The third-order valence-corrected chi connectivity index (χ3v) is 5.01. The summed E-state index contributed by atoms with van der Waals surface area (Å²) in [7, 11) is 0. The third kappa shape index (κ3) is 1.88. The third-order valence-electron chi connectivity index (χ3n) is 5.01. The second-order valence-electron chi connectivity index (χ2n) is 6.44. The van der Waals surface area contributed by atoms with Crippen LogP contribution in [0.25, 0.3) is 0 Å². The van der Waals surface area contributed by atoms with Crippen LogP contribution in [0.3, 0.4) is 0 Å². The number of hydrogen-bond donors (Lipinski definition) is 1. The maximum absolute atomic E-state index is 12.3. The van der Waals surface area contributed by atoms with Gasteiger partial charge in [-0.2, -0.15) is 0 Å². The van der Waals surface area contributed by atoms with Gasteiger partial charge in [-0.05, 0) is 31.1 Å². The molecule has 3 heteroatoms. The van der Waals surface area contributed by atoms with Crippen LogP contribution in [0.5, 0.6) is 0 Å². The molecule has 3 aliphatic rings. The molecule has 2 saturated carbocycles. The zero-order valence-electron chi connectivity index (χ0n) is 10.8. The molecule has 0 aromatic rings. The van der Waals surface area contributed by atoms with Crippen LogP contribution in [0.1, 0.15) is 45.4 Å². The van der Waals surface area contributed by atoms with Crippen molar-refractivity contribution in [3.8, 4) is 0 Å². The number of likely N-dealkylation sites (tertiary alicyclic amines) is 1. The summed E-state index contributed by atoms with van der Waals surface area (Å²) in [6, 6.07) is 0. The summed E-state index contributed by atoms with van der Waals surface area (Å²) in [4.78, 5) is 14.3. The van der Waals surface area contributed by atoms with Gasteiger partial charge < -0.3 is 10.6 Å². The molecule has 0 radical (unpaired) electrons. The van der Waals surface area contributed by atoms with Crippen LogP contribution in [0, 0.1) is 17.8 Å². The molecule has 1 aliphatic heterocycles. The molecule has 1 saturated heterocycles. The Morgan fingerprint density at radius 2 is 1.88 bits per heavy atom. The minimum absolute atomic E-state index is 0.0650. The molecule has 1 amide bonds. The molecule has 2 atom stereocenters. The SMILES string of the molecule is CCCC1(N)CN(C(=O)C2C3CCCCC32)C1. The molecule has 2 N–H and O–H groups in total. The first kappa shape index (κ1) is 11.5. The number of amides is 1. The Labute approximate surface area is 104 Å². The van der Waals surface area contributed by atoms with E-state index in [9.17, 15) is 4.79 Å². The summed E-state index contributed by atoms with van der Waals surface area (Å²) < 4.78 is 0. The van der Waals surface area contributed by atoms with Crippen molar-refractivity contribution >= 4 is 5.91 Å². The van der Waals surface area contributed by atoms with Crippen molar-refractivity contribution in [1.29, 1.82) is 0 Å². The standard InChI is InChI=1S/C14H24N2O/c1-2-7-14(15)8-16(9-14)13(17)12-10-5-3-4-6-11(10)12/h10-12H,2-9,15H2,1H3. The number of carbonyl (C=O) groups excluding carboxylic acids is 1. The van der Waals surface area contributed by atoms with E-state index in [1.54, 1.807) is 0 Å². The number of hydrogen-bond acceptors (Lipinski definition) is 2. The van der Waals surface area contributed by atoms with Gasteiger partial charge in [0.15, 0.2) is 0 Å². The molecule has 17 heavy (non-hydrogen) atoms. The molecule has 1 heterocycles. The molecule has 96 valence electrons. The topological polar surface area (TPSA) is 46.3 Å². The molecule has 3 rings (SSSR count). The molecule has 2 aliphatic carbocycles. The van der Waals surface area contributed by atoms with Crippen molar-refractivity contribution in [3.05, 3.63) is 0 Å². The lowest BCUT2D eigenvalue weighted by atomic mass is 9.86. The molecular formula is C14H24N2O. The number of rotatable bonds is 3. The summed E-state index contributed by atoms with van der Waals surface area (Å²) in [6.45, 7) is 3.76. The van der Waals surface area contributed by atoms with Crippen molar-refractivity contribution in [2.75, 3.05) is 13.1 Å². The van der Waals surface area contributed by atoms with E-state index in [4.69, 9.17) is 5.73 Å². The van der Waals surface area contributed by atoms with Crippen LogP contribution >= 0.6 is 0 Å². The van der Waals surface area contributed by atoms with Crippen molar-refractivity contribution in [2.24, 2.45) is 23.5 Å². The minimum Gasteiger partial charge on any atom is -0.339 e. The molecule has 3 nitrogen and oxygen atoms in total. The Balaban J connectivity index is 1.52. The molecule has 3 fully saturated rings. The van der Waals surface area contributed by atoms with Crippen LogP contribution in [0.4, 0.5) is 0 Å². The summed E-state index contributed by atoms with van der Waals surface area (Å²) in [5.41, 5.74) is 6.15. The Morgan fingerprint density at radius 3 is 2.41 bits per heavy atom. The highest BCUT2D eigenvalue weighted by molar-refractivity contribution is 5.83. The van der Waals surface area contributed by atoms with Gasteiger partial charge in [-0.1, -0.05) is 26.2 Å². The minimum atomic E-state index is -0.0650. The molecular weight excluding hydrogens is 212 g/mol. The van der Waals surface area contributed by atoms with Crippen LogP contribution in [-0.2, 0) is 4.79 Å². The van der Waals surface area contributed by atoms with Crippen LogP contribution < -0.4 is 5.73 Å². The molecule has 0 bridgehead atoms. The first-order valence-electron chi connectivity index (χ1n) is 7.22. The van der Waals surface area contributed by atoms with E-state index in [-0.39, 0.29) is 5.54 Å². The predicted octanol–water partition coefficient (Wildman–Crippen LogP) is 1.76. The number of carbonyl (C=O) groups is 1. The zero-order valence-corrected chi connectivity index (χ0v) is 10.8. The fourth-order valence-electron chi connectivity index (χ4n) is 4.10. The fraction of sp³-hybridized carbons (Fsp3) is 0.929. The van der Waals surface area contributed by atoms with Crippen LogP contribution in [0.15, 0.2) is 0 Å². The zero-order chi connectivity index (χ0) is 12.0. The lowest BCUT2D eigenvalue weighted by Crippen LogP contribution is -2.68. The number of nitrogens with zero attached hydrogens (tertiary/aromatic N) is 1. The van der Waals surface area contributed by atoms with E-state index >= 15 is 0 Å². The monoisotopic (exact) mass is 236 g/mol. The van der Waals surface area contributed by atoms with Gasteiger partial charge in [0.25, 0.3) is 0 Å². The van der Waals surface area contributed by atoms with Gasteiger partial charge in [0.1, 0.15) is 0 Å². The van der Waals surface area contributed by atoms with Gasteiger partial charge >= 0.3 is 0 Å². The van der Waals surface area contributed by atoms with Gasteiger partial charge in [-0.3, -0.25) is 4.79 Å². The van der Waals surface area contributed by atoms with Crippen molar-refractivity contribution in [1.82, 2.24) is 4.90 Å². The maximum atomic E-state index is 12.3. The van der Waals surface area contributed by atoms with Crippen molar-refractivity contribution in [2.45, 2.75) is 51.0 Å². The largest absolute Gasteiger partial charge is 0.339 e. The summed E-state index contributed by atoms with van der Waals surface area (Å²) >= 11 is 0. The Bertz CT molecular complexity index is 310. The van der Waals surface area contributed by atoms with Crippen molar-refractivity contribution in [3.63, 3.8) is 0 Å². The van der Waals surface area contributed by atoms with E-state index in [0.29, 0.717) is 11.8 Å². The normalized spacial score (nSPS) is 38.2. The van der Waals surface area contributed by atoms with E-state index < -0.39 is 0 Å². The van der Waals surface area contributed by atoms with Crippen LogP contribution in [0.2, 0.25) is 0 Å². The fourth-order valence-corrected chi connectivity index (χ4v) is 4.10. The Morgan fingerprint density at radius 1 is 1.29 bits per heavy atom. The highest BCUT2D eigenvalue weighted by Crippen LogP contribution is 2.56. The lowest BCUT2D eigenvalue weighted by Gasteiger charge is -2.48. The van der Waals surface area contributed by atoms with E-state index in [1.807, 2.05) is 4.90 Å². The predicted molar refractivity (Wildman–Crippen MR) is 67.3 cm³/mol. The van der Waals surface area contributed by atoms with Crippen LogP contribution in [-0.4, -0.2) is 29.4 Å². The smallest absolute Gasteiger partial charge is 0.226 e. The average Bonchev–Trinajstić information content (AvgIpc) is 2.99. The Kier molecular flexibility index (Phi) is 2.69. The second-order valence-corrected chi connectivity index (χ2v) is 6.44. The summed E-state index contributed by atoms with van der Waals surface area (Å²) in [5.74, 6) is 2.26. The van der Waals surface area contributed by atoms with E-state index in [1.165, 1.54) is 25.7 Å². The average molecular weight is 236 g/mol. The first-order valence-corrected chi connectivity index (χ1v) is 7.22. The van der Waals surface area contributed by atoms with E-state index in [2.05, 4.69) is 6.92 Å². The highest BCUT2D eigenvalue weighted by atomic mass is 16.2. The molecule has 0 spiro atoms.